The van der Waals surface area contributed by atoms with Crippen molar-refractivity contribution in [2.24, 2.45) is 0 Å². The van der Waals surface area contributed by atoms with Crippen molar-refractivity contribution in [3.8, 4) is 0 Å². The molecule has 2 atom stereocenters. The number of hydrogen-bond acceptors (Lipinski definition) is 5. The summed E-state index contributed by atoms with van der Waals surface area (Å²) in [5, 5.41) is 20.1. The Morgan fingerprint density at radius 2 is 2.09 bits per heavy atom. The predicted molar refractivity (Wildman–Crippen MR) is 79.4 cm³/mol. The zero-order valence-corrected chi connectivity index (χ0v) is 12.7. The summed E-state index contributed by atoms with van der Waals surface area (Å²) in [7, 11) is 0. The van der Waals surface area contributed by atoms with Gasteiger partial charge in [0.05, 0.1) is 23.9 Å². The number of aliphatic hydroxyl groups is 2. The molecular formula is C16H22N2O4. The van der Waals surface area contributed by atoms with Crippen LogP contribution in [0.5, 0.6) is 0 Å². The maximum absolute atomic E-state index is 12.5. The molecule has 0 aromatic carbocycles. The third kappa shape index (κ3) is 2.74. The fourth-order valence-electron chi connectivity index (χ4n) is 3.36. The number of carbonyl (C=O) groups excluding carboxylic acids is 1. The van der Waals surface area contributed by atoms with Gasteiger partial charge in [-0.25, -0.2) is 0 Å². The molecule has 2 aliphatic heterocycles. The van der Waals surface area contributed by atoms with Crippen LogP contribution < -0.4 is 0 Å². The van der Waals surface area contributed by atoms with E-state index in [1.165, 1.54) is 0 Å². The summed E-state index contributed by atoms with van der Waals surface area (Å²) in [6.07, 6.45) is 3.22. The molecule has 120 valence electrons. The van der Waals surface area contributed by atoms with Crippen molar-refractivity contribution in [2.75, 3.05) is 19.7 Å². The van der Waals surface area contributed by atoms with Crippen LogP contribution in [-0.2, 0) is 4.74 Å². The number of likely N-dealkylation sites (tertiary alicyclic amines) is 1. The van der Waals surface area contributed by atoms with E-state index in [4.69, 9.17) is 4.74 Å². The molecular weight excluding hydrogens is 284 g/mol. The van der Waals surface area contributed by atoms with E-state index in [2.05, 4.69) is 4.98 Å². The van der Waals surface area contributed by atoms with Gasteiger partial charge in [0.25, 0.3) is 5.91 Å². The maximum Gasteiger partial charge on any atom is 0.255 e. The smallest absolute Gasteiger partial charge is 0.255 e. The highest BCUT2D eigenvalue weighted by Crippen LogP contribution is 2.35. The van der Waals surface area contributed by atoms with Crippen molar-refractivity contribution in [2.45, 2.75) is 44.0 Å². The van der Waals surface area contributed by atoms with Gasteiger partial charge >= 0.3 is 0 Å². The minimum atomic E-state index is -0.876. The Balaban J connectivity index is 1.68. The topological polar surface area (TPSA) is 82.9 Å². The van der Waals surface area contributed by atoms with Gasteiger partial charge < -0.3 is 19.8 Å². The van der Waals surface area contributed by atoms with Gasteiger partial charge in [-0.1, -0.05) is 0 Å². The molecule has 1 aromatic rings. The molecule has 2 N–H and O–H groups in total. The molecule has 0 saturated carbocycles. The second-order valence-electron chi connectivity index (χ2n) is 6.26. The Bertz CT molecular complexity index is 555. The molecule has 3 heterocycles. The number of carbonyl (C=O) groups is 1. The number of piperidine rings is 1. The van der Waals surface area contributed by atoms with E-state index in [9.17, 15) is 15.0 Å². The quantitative estimate of drug-likeness (QED) is 0.790. The lowest BCUT2D eigenvalue weighted by Gasteiger charge is -2.48. The van der Waals surface area contributed by atoms with Gasteiger partial charge in [-0.05, 0) is 37.8 Å². The van der Waals surface area contributed by atoms with Crippen molar-refractivity contribution in [1.29, 1.82) is 0 Å². The summed E-state index contributed by atoms with van der Waals surface area (Å²) in [5.41, 5.74) is 0.828. The number of pyridine rings is 1. The molecule has 0 aliphatic carbocycles. The molecule has 6 nitrogen and oxygen atoms in total. The number of aromatic nitrogens is 1. The van der Waals surface area contributed by atoms with Crippen molar-refractivity contribution in [3.05, 3.63) is 29.6 Å². The highest BCUT2D eigenvalue weighted by Gasteiger charge is 2.48. The fraction of sp³-hybridized carbons (Fsp3) is 0.625. The average Bonchev–Trinajstić information content (AvgIpc) is 2.53. The van der Waals surface area contributed by atoms with Crippen LogP contribution in [0.3, 0.4) is 0 Å². The first-order valence-electron chi connectivity index (χ1n) is 7.73. The minimum Gasteiger partial charge on any atom is -0.390 e. The average molecular weight is 306 g/mol. The minimum absolute atomic E-state index is 0.0445. The number of hydrogen-bond donors (Lipinski definition) is 2. The van der Waals surface area contributed by atoms with Crippen LogP contribution in [0.2, 0.25) is 0 Å². The summed E-state index contributed by atoms with van der Waals surface area (Å²) in [5.74, 6) is -0.0445. The lowest BCUT2D eigenvalue weighted by molar-refractivity contribution is -0.212. The first-order valence-corrected chi connectivity index (χ1v) is 7.73. The second kappa shape index (κ2) is 5.95. The SMILES string of the molecule is Cc1cncc(C(=O)N2CCC3(CC2)OCC[C@H](O)[C@@H]3O)c1. The first kappa shape index (κ1) is 15.4. The van der Waals surface area contributed by atoms with Crippen LogP contribution in [0.25, 0.3) is 0 Å². The molecule has 1 amide bonds. The first-order chi connectivity index (χ1) is 10.5. The van der Waals surface area contributed by atoms with Crippen LogP contribution in [0.15, 0.2) is 18.5 Å². The summed E-state index contributed by atoms with van der Waals surface area (Å²) in [6.45, 7) is 3.38. The fourth-order valence-corrected chi connectivity index (χ4v) is 3.36. The molecule has 2 saturated heterocycles. The largest absolute Gasteiger partial charge is 0.390 e. The van der Waals surface area contributed by atoms with Gasteiger partial charge in [0.1, 0.15) is 6.10 Å². The molecule has 2 aliphatic rings. The van der Waals surface area contributed by atoms with Gasteiger partial charge in [0.2, 0.25) is 0 Å². The number of ether oxygens (including phenoxy) is 1. The van der Waals surface area contributed by atoms with Gasteiger partial charge in [0.15, 0.2) is 0 Å². The summed E-state index contributed by atoms with van der Waals surface area (Å²) in [4.78, 5) is 18.3. The van der Waals surface area contributed by atoms with E-state index >= 15 is 0 Å². The molecule has 3 rings (SSSR count). The Morgan fingerprint density at radius 3 is 2.77 bits per heavy atom. The molecule has 6 heteroatoms. The van der Waals surface area contributed by atoms with Crippen molar-refractivity contribution in [3.63, 3.8) is 0 Å². The van der Waals surface area contributed by atoms with Crippen LogP contribution in [0, 0.1) is 6.92 Å². The van der Waals surface area contributed by atoms with Gasteiger partial charge in [-0.15, -0.1) is 0 Å². The van der Waals surface area contributed by atoms with E-state index in [-0.39, 0.29) is 5.91 Å². The van der Waals surface area contributed by atoms with Gasteiger partial charge in [-0.3, -0.25) is 9.78 Å². The second-order valence-corrected chi connectivity index (χ2v) is 6.26. The maximum atomic E-state index is 12.5. The number of nitrogens with zero attached hydrogens (tertiary/aromatic N) is 2. The Labute approximate surface area is 129 Å². The number of aliphatic hydroxyl groups excluding tert-OH is 2. The zero-order chi connectivity index (χ0) is 15.7. The molecule has 2 fully saturated rings. The van der Waals surface area contributed by atoms with Gasteiger partial charge in [-0.2, -0.15) is 0 Å². The van der Waals surface area contributed by atoms with Crippen molar-refractivity contribution in [1.82, 2.24) is 9.88 Å². The Kier molecular flexibility index (Phi) is 4.16. The van der Waals surface area contributed by atoms with E-state index < -0.39 is 17.8 Å². The van der Waals surface area contributed by atoms with Crippen molar-refractivity contribution < 1.29 is 19.7 Å². The molecule has 0 radical (unpaired) electrons. The zero-order valence-electron chi connectivity index (χ0n) is 12.7. The molecule has 0 bridgehead atoms. The Hall–Kier alpha value is -1.50. The van der Waals surface area contributed by atoms with Crippen LogP contribution >= 0.6 is 0 Å². The molecule has 1 spiro atoms. The number of rotatable bonds is 1. The number of amides is 1. The number of aryl methyl sites for hydroxylation is 1. The highest BCUT2D eigenvalue weighted by molar-refractivity contribution is 5.94. The highest BCUT2D eigenvalue weighted by atomic mass is 16.5. The predicted octanol–water partition coefficient (Wildman–Crippen LogP) is 0.507. The monoisotopic (exact) mass is 306 g/mol. The molecule has 0 unspecified atom stereocenters. The normalized spacial score (nSPS) is 27.9. The third-order valence-corrected chi connectivity index (χ3v) is 4.73. The van der Waals surface area contributed by atoms with Crippen LogP contribution in [0.4, 0.5) is 0 Å². The summed E-state index contributed by atoms with van der Waals surface area (Å²) < 4.78 is 5.78. The summed E-state index contributed by atoms with van der Waals surface area (Å²) >= 11 is 0. The summed E-state index contributed by atoms with van der Waals surface area (Å²) in [6, 6.07) is 1.83. The molecule has 1 aromatic heterocycles. The van der Waals surface area contributed by atoms with E-state index in [0.717, 1.165) is 5.56 Å². The van der Waals surface area contributed by atoms with E-state index in [1.807, 2.05) is 13.0 Å². The van der Waals surface area contributed by atoms with E-state index in [0.29, 0.717) is 44.5 Å². The van der Waals surface area contributed by atoms with E-state index in [1.54, 1.807) is 17.3 Å². The van der Waals surface area contributed by atoms with Gasteiger partial charge in [0, 0.05) is 25.5 Å². The van der Waals surface area contributed by atoms with Crippen molar-refractivity contribution >= 4 is 5.91 Å². The Morgan fingerprint density at radius 1 is 1.36 bits per heavy atom. The third-order valence-electron chi connectivity index (χ3n) is 4.73. The lowest BCUT2D eigenvalue weighted by Crippen LogP contribution is -2.60. The van der Waals surface area contributed by atoms with Crippen LogP contribution in [-0.4, -0.2) is 63.5 Å². The van der Waals surface area contributed by atoms with Crippen LogP contribution in [0.1, 0.15) is 35.2 Å². The standard InChI is InChI=1S/C16H22N2O4/c1-11-8-12(10-17-9-11)15(21)18-5-3-16(4-6-18)14(20)13(19)2-7-22-16/h8-10,13-14,19-20H,2-7H2,1H3/t13-,14-/m0/s1. The molecule has 22 heavy (non-hydrogen) atoms. The lowest BCUT2D eigenvalue weighted by atomic mass is 9.80.